The van der Waals surface area contributed by atoms with Crippen LogP contribution in [0.2, 0.25) is 0 Å². The molecule has 0 saturated heterocycles. The lowest BCUT2D eigenvalue weighted by Crippen LogP contribution is -2.14. The zero-order chi connectivity index (χ0) is 17.9. The van der Waals surface area contributed by atoms with Crippen molar-refractivity contribution in [3.8, 4) is 21.8 Å². The lowest BCUT2D eigenvalue weighted by molar-refractivity contribution is -0.115. The smallest absolute Gasteiger partial charge is 0.232 e. The molecule has 0 aliphatic rings. The van der Waals surface area contributed by atoms with Crippen molar-refractivity contribution >= 4 is 45.0 Å². The van der Waals surface area contributed by atoms with Crippen LogP contribution >= 0.6 is 34.0 Å². The Morgan fingerprint density at radius 1 is 1.08 bits per heavy atom. The summed E-state index contributed by atoms with van der Waals surface area (Å²) in [6, 6.07) is 8.23. The average molecular weight is 402 g/mol. The molecule has 1 amide bonds. The van der Waals surface area contributed by atoms with E-state index in [1.54, 1.807) is 28.8 Å². The van der Waals surface area contributed by atoms with E-state index in [1.165, 1.54) is 34.8 Å². The molecule has 4 nitrogen and oxygen atoms in total. The summed E-state index contributed by atoms with van der Waals surface area (Å²) in [7, 11) is 0. The summed E-state index contributed by atoms with van der Waals surface area (Å²) in [4.78, 5) is 21.1. The zero-order valence-corrected chi connectivity index (χ0v) is 15.8. The van der Waals surface area contributed by atoms with Gasteiger partial charge in [-0.25, -0.2) is 14.4 Å². The average Bonchev–Trinajstić information content (AvgIpc) is 3.36. The van der Waals surface area contributed by atoms with Gasteiger partial charge in [-0.05, 0) is 23.6 Å². The first-order chi connectivity index (χ1) is 12.7. The molecule has 0 fully saturated rings. The maximum Gasteiger partial charge on any atom is 0.232 e. The van der Waals surface area contributed by atoms with Crippen molar-refractivity contribution in [3.05, 3.63) is 63.4 Å². The number of thiophene rings is 1. The van der Waals surface area contributed by atoms with Gasteiger partial charge < -0.3 is 5.32 Å². The molecule has 130 valence electrons. The molecule has 4 aromatic rings. The van der Waals surface area contributed by atoms with Crippen LogP contribution in [0.5, 0.6) is 0 Å². The van der Waals surface area contributed by atoms with Crippen LogP contribution in [-0.4, -0.2) is 15.9 Å². The SMILES string of the molecule is O=C(Cc1csc(-c2ccsc2)n1)Nc1nc(-c2cccc(F)c2)cs1. The Bertz CT molecular complexity index is 1040. The number of benzene rings is 1. The van der Waals surface area contributed by atoms with Crippen molar-refractivity contribution in [3.63, 3.8) is 0 Å². The van der Waals surface area contributed by atoms with E-state index >= 15 is 0 Å². The quantitative estimate of drug-likeness (QED) is 0.493. The minimum atomic E-state index is -0.314. The van der Waals surface area contributed by atoms with Crippen molar-refractivity contribution < 1.29 is 9.18 Å². The number of anilines is 1. The number of thiazole rings is 2. The Hall–Kier alpha value is -2.42. The van der Waals surface area contributed by atoms with Gasteiger partial charge in [0.05, 0.1) is 17.8 Å². The van der Waals surface area contributed by atoms with E-state index in [0.717, 1.165) is 16.3 Å². The lowest BCUT2D eigenvalue weighted by atomic mass is 10.2. The maximum absolute atomic E-state index is 13.3. The summed E-state index contributed by atoms with van der Waals surface area (Å²) >= 11 is 4.45. The first kappa shape index (κ1) is 17.0. The second-order valence-electron chi connectivity index (χ2n) is 5.43. The maximum atomic E-state index is 13.3. The van der Waals surface area contributed by atoms with Crippen LogP contribution in [0.1, 0.15) is 5.69 Å². The number of hydrogen-bond acceptors (Lipinski definition) is 6. The van der Waals surface area contributed by atoms with Gasteiger partial charge in [0.2, 0.25) is 5.91 Å². The minimum absolute atomic E-state index is 0.174. The molecular weight excluding hydrogens is 389 g/mol. The Kier molecular flexibility index (Phi) is 4.87. The highest BCUT2D eigenvalue weighted by Crippen LogP contribution is 2.27. The molecule has 1 N–H and O–H groups in total. The van der Waals surface area contributed by atoms with E-state index < -0.39 is 0 Å². The second kappa shape index (κ2) is 7.45. The summed E-state index contributed by atoms with van der Waals surface area (Å²) in [5, 5.41) is 11.9. The molecule has 1 aromatic carbocycles. The molecule has 3 aromatic heterocycles. The van der Waals surface area contributed by atoms with Crippen LogP contribution in [0.3, 0.4) is 0 Å². The number of hydrogen-bond donors (Lipinski definition) is 1. The highest BCUT2D eigenvalue weighted by Gasteiger charge is 2.12. The summed E-state index contributed by atoms with van der Waals surface area (Å²) in [5.74, 6) is -0.488. The zero-order valence-electron chi connectivity index (χ0n) is 13.3. The van der Waals surface area contributed by atoms with Crippen LogP contribution in [0, 0.1) is 5.82 Å². The molecule has 0 aliphatic carbocycles. The molecule has 4 rings (SSSR count). The third-order valence-corrected chi connectivity index (χ3v) is 5.91. The van der Waals surface area contributed by atoms with Crippen molar-refractivity contribution in [2.45, 2.75) is 6.42 Å². The number of halogens is 1. The highest BCUT2D eigenvalue weighted by molar-refractivity contribution is 7.14. The fraction of sp³-hybridized carbons (Fsp3) is 0.0556. The van der Waals surface area contributed by atoms with Crippen LogP contribution < -0.4 is 5.32 Å². The fourth-order valence-corrected chi connectivity index (χ4v) is 4.61. The topological polar surface area (TPSA) is 54.9 Å². The molecule has 0 unspecified atom stereocenters. The Labute approximate surface area is 161 Å². The molecule has 0 spiro atoms. The van der Waals surface area contributed by atoms with E-state index in [4.69, 9.17) is 0 Å². The van der Waals surface area contributed by atoms with Crippen LogP contribution in [-0.2, 0) is 11.2 Å². The number of nitrogens with one attached hydrogen (secondary N) is 1. The van der Waals surface area contributed by atoms with Gasteiger partial charge in [0.15, 0.2) is 5.13 Å². The Morgan fingerprint density at radius 3 is 2.81 bits per heavy atom. The van der Waals surface area contributed by atoms with Gasteiger partial charge in [-0.2, -0.15) is 11.3 Å². The van der Waals surface area contributed by atoms with Crippen molar-refractivity contribution in [2.75, 3.05) is 5.32 Å². The normalized spacial score (nSPS) is 10.8. The number of nitrogens with zero attached hydrogens (tertiary/aromatic N) is 2. The van der Waals surface area contributed by atoms with Crippen molar-refractivity contribution in [1.82, 2.24) is 9.97 Å². The molecule has 0 atom stereocenters. The third kappa shape index (κ3) is 3.87. The second-order valence-corrected chi connectivity index (χ2v) is 7.93. The number of aromatic nitrogens is 2. The largest absolute Gasteiger partial charge is 0.302 e. The van der Waals surface area contributed by atoms with E-state index in [9.17, 15) is 9.18 Å². The van der Waals surface area contributed by atoms with Crippen LogP contribution in [0.4, 0.5) is 9.52 Å². The van der Waals surface area contributed by atoms with Gasteiger partial charge in [0, 0.05) is 27.3 Å². The van der Waals surface area contributed by atoms with E-state index in [1.807, 2.05) is 22.2 Å². The molecule has 0 bridgehead atoms. The summed E-state index contributed by atoms with van der Waals surface area (Å²) in [5.41, 5.74) is 3.13. The predicted molar refractivity (Wildman–Crippen MR) is 105 cm³/mol. The number of rotatable bonds is 5. The lowest BCUT2D eigenvalue weighted by Gasteiger charge is -1.99. The minimum Gasteiger partial charge on any atom is -0.302 e. The van der Waals surface area contributed by atoms with Crippen LogP contribution in [0.15, 0.2) is 51.9 Å². The first-order valence-electron chi connectivity index (χ1n) is 7.66. The standard InChI is InChI=1S/C18H12FN3OS3/c19-13-3-1-2-11(6-13)15-10-26-18(21-15)22-16(23)7-14-9-25-17(20-14)12-4-5-24-8-12/h1-6,8-10H,7H2,(H,21,22,23). The van der Waals surface area contributed by atoms with Gasteiger partial charge in [0.1, 0.15) is 10.8 Å². The molecule has 26 heavy (non-hydrogen) atoms. The summed E-state index contributed by atoms with van der Waals surface area (Å²) in [6.07, 6.45) is 0.190. The molecular formula is C18H12FN3OS3. The highest BCUT2D eigenvalue weighted by atomic mass is 32.1. The summed E-state index contributed by atoms with van der Waals surface area (Å²) in [6.45, 7) is 0. The number of amides is 1. The Morgan fingerprint density at radius 2 is 2.00 bits per heavy atom. The van der Waals surface area contributed by atoms with Crippen LogP contribution in [0.25, 0.3) is 21.8 Å². The third-order valence-electron chi connectivity index (χ3n) is 3.53. The Balaban J connectivity index is 1.41. The molecule has 0 saturated carbocycles. The monoisotopic (exact) mass is 401 g/mol. The number of carbonyl (C=O) groups excluding carboxylic acids is 1. The predicted octanol–water partition coefficient (Wildman–Crippen LogP) is 5.32. The number of carbonyl (C=O) groups is 1. The van der Waals surface area contributed by atoms with E-state index in [-0.39, 0.29) is 18.1 Å². The molecule has 0 radical (unpaired) electrons. The van der Waals surface area contributed by atoms with E-state index in [0.29, 0.717) is 16.4 Å². The molecule has 0 aliphatic heterocycles. The van der Waals surface area contributed by atoms with Gasteiger partial charge >= 0.3 is 0 Å². The van der Waals surface area contributed by atoms with Gasteiger partial charge in [-0.1, -0.05) is 12.1 Å². The van der Waals surface area contributed by atoms with E-state index in [2.05, 4.69) is 15.3 Å². The van der Waals surface area contributed by atoms with Gasteiger partial charge in [-0.15, -0.1) is 22.7 Å². The van der Waals surface area contributed by atoms with Crippen molar-refractivity contribution in [2.24, 2.45) is 0 Å². The summed E-state index contributed by atoms with van der Waals surface area (Å²) < 4.78 is 13.3. The molecule has 8 heteroatoms. The fourth-order valence-electron chi connectivity index (χ4n) is 2.35. The molecule has 3 heterocycles. The van der Waals surface area contributed by atoms with Crippen molar-refractivity contribution in [1.29, 1.82) is 0 Å². The van der Waals surface area contributed by atoms with Gasteiger partial charge in [0.25, 0.3) is 0 Å². The first-order valence-corrected chi connectivity index (χ1v) is 10.4. The van der Waals surface area contributed by atoms with Gasteiger partial charge in [-0.3, -0.25) is 4.79 Å².